The van der Waals surface area contributed by atoms with Crippen LogP contribution in [0.5, 0.6) is 0 Å². The van der Waals surface area contributed by atoms with Gasteiger partial charge in [0.15, 0.2) is 5.03 Å². The molecular formula is C9H15N3O3S. The molecule has 6 nitrogen and oxygen atoms in total. The van der Waals surface area contributed by atoms with Gasteiger partial charge in [-0.15, -0.1) is 0 Å². The van der Waals surface area contributed by atoms with Crippen LogP contribution in [0.15, 0.2) is 17.3 Å². The van der Waals surface area contributed by atoms with E-state index in [-0.39, 0.29) is 10.8 Å². The molecule has 1 aromatic heterocycles. The Bertz CT molecular complexity index is 478. The van der Waals surface area contributed by atoms with Crippen molar-refractivity contribution in [3.05, 3.63) is 12.3 Å². The number of rotatable bonds is 5. The van der Waals surface area contributed by atoms with Crippen LogP contribution < -0.4 is 4.72 Å². The van der Waals surface area contributed by atoms with Gasteiger partial charge in [0.05, 0.1) is 12.2 Å². The van der Waals surface area contributed by atoms with Crippen LogP contribution in [0.3, 0.4) is 0 Å². The highest BCUT2D eigenvalue weighted by molar-refractivity contribution is 7.89. The lowest BCUT2D eigenvalue weighted by molar-refractivity contribution is -0.119. The van der Waals surface area contributed by atoms with Crippen LogP contribution >= 0.6 is 0 Å². The summed E-state index contributed by atoms with van der Waals surface area (Å²) in [5.41, 5.74) is 0. The highest BCUT2D eigenvalue weighted by Crippen LogP contribution is 2.07. The van der Waals surface area contributed by atoms with Crippen molar-refractivity contribution < 1.29 is 13.2 Å². The Morgan fingerprint density at radius 3 is 2.69 bits per heavy atom. The minimum atomic E-state index is -3.67. The van der Waals surface area contributed by atoms with E-state index in [2.05, 4.69) is 9.82 Å². The van der Waals surface area contributed by atoms with Crippen molar-refractivity contribution in [3.63, 3.8) is 0 Å². The standard InChI is InChI=1S/C9H15N3O3S/c1-4-8(13)7(2)11-16(14,15)9-5-6-10-12(9)3/h5-7,11H,4H2,1-3H3. The minimum absolute atomic E-state index is 0.0447. The monoisotopic (exact) mass is 245 g/mol. The van der Waals surface area contributed by atoms with Gasteiger partial charge in [-0.05, 0) is 13.0 Å². The maximum Gasteiger partial charge on any atom is 0.258 e. The number of aryl methyl sites for hydroxylation is 1. The number of carbonyl (C=O) groups excluding carboxylic acids is 1. The van der Waals surface area contributed by atoms with Crippen LogP contribution in [-0.2, 0) is 21.9 Å². The smallest absolute Gasteiger partial charge is 0.258 e. The molecule has 1 atom stereocenters. The first-order valence-corrected chi connectivity index (χ1v) is 6.40. The van der Waals surface area contributed by atoms with Crippen LogP contribution in [0.4, 0.5) is 0 Å². The van der Waals surface area contributed by atoms with Crippen molar-refractivity contribution in [1.82, 2.24) is 14.5 Å². The van der Waals surface area contributed by atoms with Gasteiger partial charge in [-0.3, -0.25) is 9.48 Å². The summed E-state index contributed by atoms with van der Waals surface area (Å²) in [6, 6.07) is 0.663. The fourth-order valence-corrected chi connectivity index (χ4v) is 2.64. The second kappa shape index (κ2) is 4.75. The van der Waals surface area contributed by atoms with Gasteiger partial charge in [0, 0.05) is 13.5 Å². The quantitative estimate of drug-likeness (QED) is 0.795. The number of sulfonamides is 1. The van der Waals surface area contributed by atoms with Crippen molar-refractivity contribution in [1.29, 1.82) is 0 Å². The second-order valence-electron chi connectivity index (χ2n) is 3.46. The Hall–Kier alpha value is -1.21. The van der Waals surface area contributed by atoms with Gasteiger partial charge in [-0.1, -0.05) is 6.92 Å². The molecule has 0 amide bonds. The fraction of sp³-hybridized carbons (Fsp3) is 0.556. The molecule has 0 bridgehead atoms. The number of hydrogen-bond donors (Lipinski definition) is 1. The third-order valence-corrected chi connectivity index (χ3v) is 3.83. The van der Waals surface area contributed by atoms with Gasteiger partial charge in [-0.25, -0.2) is 8.42 Å². The van der Waals surface area contributed by atoms with E-state index in [1.807, 2.05) is 0 Å². The molecule has 0 aliphatic rings. The average molecular weight is 245 g/mol. The van der Waals surface area contributed by atoms with Crippen LogP contribution in [0.25, 0.3) is 0 Å². The van der Waals surface area contributed by atoms with Gasteiger partial charge < -0.3 is 0 Å². The van der Waals surface area contributed by atoms with Crippen LogP contribution in [0.1, 0.15) is 20.3 Å². The molecule has 0 aliphatic carbocycles. The molecule has 0 aromatic carbocycles. The largest absolute Gasteiger partial charge is 0.298 e. The number of Topliss-reactive ketones (excluding diaryl/α,β-unsaturated/α-hetero) is 1. The van der Waals surface area contributed by atoms with Crippen molar-refractivity contribution in [3.8, 4) is 0 Å². The minimum Gasteiger partial charge on any atom is -0.298 e. The van der Waals surface area contributed by atoms with Gasteiger partial charge >= 0.3 is 0 Å². The Labute approximate surface area is 94.7 Å². The van der Waals surface area contributed by atoms with Crippen LogP contribution in [-0.4, -0.2) is 30.0 Å². The van der Waals surface area contributed by atoms with Gasteiger partial charge in [0.2, 0.25) is 0 Å². The predicted octanol–water partition coefficient (Wildman–Crippen LogP) is 0.0660. The number of hydrogen-bond acceptors (Lipinski definition) is 4. The second-order valence-corrected chi connectivity index (χ2v) is 5.12. The summed E-state index contributed by atoms with van der Waals surface area (Å²) >= 11 is 0. The van der Waals surface area contributed by atoms with E-state index in [4.69, 9.17) is 0 Å². The first-order valence-electron chi connectivity index (χ1n) is 4.91. The summed E-state index contributed by atoms with van der Waals surface area (Å²) in [6.07, 6.45) is 1.69. The van der Waals surface area contributed by atoms with Crippen molar-refractivity contribution >= 4 is 15.8 Å². The molecule has 0 fully saturated rings. The topological polar surface area (TPSA) is 81.1 Å². The number of aromatic nitrogens is 2. The Balaban J connectivity index is 2.89. The van der Waals surface area contributed by atoms with Crippen molar-refractivity contribution in [2.75, 3.05) is 0 Å². The number of ketones is 1. The summed E-state index contributed by atoms with van der Waals surface area (Å²) in [7, 11) is -2.14. The maximum atomic E-state index is 11.8. The van der Waals surface area contributed by atoms with E-state index < -0.39 is 16.1 Å². The molecule has 0 saturated heterocycles. The lowest BCUT2D eigenvalue weighted by Gasteiger charge is -2.12. The van der Waals surface area contributed by atoms with Crippen molar-refractivity contribution in [2.45, 2.75) is 31.3 Å². The zero-order valence-electron chi connectivity index (χ0n) is 9.47. The van der Waals surface area contributed by atoms with Gasteiger partial charge in [0.25, 0.3) is 10.0 Å². The Morgan fingerprint density at radius 1 is 1.62 bits per heavy atom. The molecule has 1 rings (SSSR count). The molecule has 16 heavy (non-hydrogen) atoms. The Kier molecular flexibility index (Phi) is 3.82. The number of nitrogens with one attached hydrogen (secondary N) is 1. The molecule has 7 heteroatoms. The fourth-order valence-electron chi connectivity index (χ4n) is 1.29. The molecule has 1 heterocycles. The third kappa shape index (κ3) is 2.67. The van der Waals surface area contributed by atoms with E-state index in [9.17, 15) is 13.2 Å². The highest BCUT2D eigenvalue weighted by atomic mass is 32.2. The van der Waals surface area contributed by atoms with Gasteiger partial charge in [0.1, 0.15) is 5.78 Å². The molecule has 0 saturated carbocycles. The SMILES string of the molecule is CCC(=O)C(C)NS(=O)(=O)c1ccnn1C. The Morgan fingerprint density at radius 2 is 2.25 bits per heavy atom. The lowest BCUT2D eigenvalue weighted by Crippen LogP contribution is -2.38. The van der Waals surface area contributed by atoms with E-state index >= 15 is 0 Å². The molecule has 0 radical (unpaired) electrons. The molecule has 1 unspecified atom stereocenters. The van der Waals surface area contributed by atoms with E-state index in [0.29, 0.717) is 6.42 Å². The molecule has 1 N–H and O–H groups in total. The lowest BCUT2D eigenvalue weighted by atomic mass is 10.2. The van der Waals surface area contributed by atoms with E-state index in [1.54, 1.807) is 6.92 Å². The zero-order chi connectivity index (χ0) is 12.3. The molecule has 90 valence electrons. The van der Waals surface area contributed by atoms with Crippen molar-refractivity contribution in [2.24, 2.45) is 7.05 Å². The number of carbonyl (C=O) groups is 1. The van der Waals surface area contributed by atoms with E-state index in [1.165, 1.54) is 30.9 Å². The third-order valence-electron chi connectivity index (χ3n) is 2.21. The summed E-state index contributed by atoms with van der Waals surface area (Å²) in [5.74, 6) is -0.147. The molecular weight excluding hydrogens is 230 g/mol. The van der Waals surface area contributed by atoms with Gasteiger partial charge in [-0.2, -0.15) is 9.82 Å². The first kappa shape index (κ1) is 12.9. The van der Waals surface area contributed by atoms with Crippen LogP contribution in [0.2, 0.25) is 0 Å². The summed E-state index contributed by atoms with van der Waals surface area (Å²) < 4.78 is 27.2. The zero-order valence-corrected chi connectivity index (χ0v) is 10.3. The summed E-state index contributed by atoms with van der Waals surface area (Å²) in [5, 5.41) is 3.81. The normalized spacial score (nSPS) is 13.7. The molecule has 0 aliphatic heterocycles. The predicted molar refractivity (Wildman–Crippen MR) is 58.3 cm³/mol. The number of nitrogens with zero attached hydrogens (tertiary/aromatic N) is 2. The molecule has 1 aromatic rings. The summed E-state index contributed by atoms with van der Waals surface area (Å²) in [6.45, 7) is 3.22. The van der Waals surface area contributed by atoms with E-state index in [0.717, 1.165) is 0 Å². The summed E-state index contributed by atoms with van der Waals surface area (Å²) in [4.78, 5) is 11.3. The first-order chi connectivity index (χ1) is 7.38. The molecule has 0 spiro atoms. The average Bonchev–Trinajstić information content (AvgIpc) is 2.63. The maximum absolute atomic E-state index is 11.8. The van der Waals surface area contributed by atoms with Crippen LogP contribution in [0, 0.1) is 0 Å². The highest BCUT2D eigenvalue weighted by Gasteiger charge is 2.23.